The Labute approximate surface area is 159 Å². The first-order chi connectivity index (χ1) is 11.1. The van der Waals surface area contributed by atoms with Crippen LogP contribution in [-0.2, 0) is 10.8 Å². The number of phenolic OH excluding ortho intramolecular Hbond substituents is 1. The van der Waals surface area contributed by atoms with Gasteiger partial charge < -0.3 is 15.5 Å². The highest BCUT2D eigenvalue weighted by molar-refractivity contribution is 5.85. The molecule has 144 valence electrons. The van der Waals surface area contributed by atoms with Crippen LogP contribution in [0, 0.1) is 0 Å². The van der Waals surface area contributed by atoms with Gasteiger partial charge in [0.15, 0.2) is 0 Å². The molecule has 1 saturated heterocycles. The summed E-state index contributed by atoms with van der Waals surface area (Å²) in [6.45, 7) is 16.6. The minimum absolute atomic E-state index is 0. The molecule has 0 unspecified atom stereocenters. The fraction of sp³-hybridized carbons (Fsp3) is 0.700. The fourth-order valence-electron chi connectivity index (χ4n) is 3.42. The predicted molar refractivity (Wildman–Crippen MR) is 107 cm³/mol. The van der Waals surface area contributed by atoms with Gasteiger partial charge in [-0.25, -0.2) is 0 Å². The maximum absolute atomic E-state index is 10.9. The number of halogens is 1. The molecule has 1 fully saturated rings. The Morgan fingerprint density at radius 1 is 1.00 bits per heavy atom. The lowest BCUT2D eigenvalue weighted by Crippen LogP contribution is -2.46. The molecule has 4 nitrogen and oxygen atoms in total. The zero-order chi connectivity index (χ0) is 18.1. The lowest BCUT2D eigenvalue weighted by molar-refractivity contribution is 0.110. The number of aliphatic hydroxyl groups is 1. The maximum atomic E-state index is 10.9. The average Bonchev–Trinajstić information content (AvgIpc) is 2.48. The summed E-state index contributed by atoms with van der Waals surface area (Å²) in [6.07, 6.45) is 0. The first kappa shape index (κ1) is 22.2. The second kappa shape index (κ2) is 8.26. The van der Waals surface area contributed by atoms with Crippen molar-refractivity contribution in [2.24, 2.45) is 0 Å². The third-order valence-corrected chi connectivity index (χ3v) is 4.90. The van der Waals surface area contributed by atoms with Crippen molar-refractivity contribution in [1.82, 2.24) is 10.2 Å². The van der Waals surface area contributed by atoms with E-state index in [4.69, 9.17) is 0 Å². The van der Waals surface area contributed by atoms with Gasteiger partial charge in [0.25, 0.3) is 0 Å². The summed E-state index contributed by atoms with van der Waals surface area (Å²) >= 11 is 0. The van der Waals surface area contributed by atoms with E-state index in [1.165, 1.54) is 0 Å². The van der Waals surface area contributed by atoms with Gasteiger partial charge in [-0.05, 0) is 39.7 Å². The van der Waals surface area contributed by atoms with Crippen LogP contribution in [0.3, 0.4) is 0 Å². The number of piperazine rings is 1. The van der Waals surface area contributed by atoms with E-state index >= 15 is 0 Å². The Hall–Kier alpha value is -0.810. The lowest BCUT2D eigenvalue weighted by Gasteiger charge is -2.36. The molecule has 1 aliphatic rings. The second-order valence-electron chi connectivity index (χ2n) is 8.95. The van der Waals surface area contributed by atoms with E-state index in [2.05, 4.69) is 63.9 Å². The average molecular weight is 371 g/mol. The van der Waals surface area contributed by atoms with Crippen molar-refractivity contribution in [2.75, 3.05) is 32.8 Å². The molecule has 0 radical (unpaired) electrons. The number of hydrogen-bond acceptors (Lipinski definition) is 4. The highest BCUT2D eigenvalue weighted by Gasteiger charge is 2.30. The largest absolute Gasteiger partial charge is 0.507 e. The molecule has 25 heavy (non-hydrogen) atoms. The number of hydrogen-bond donors (Lipinski definition) is 3. The molecule has 0 bridgehead atoms. The molecular weight excluding hydrogens is 336 g/mol. The zero-order valence-electron chi connectivity index (χ0n) is 16.5. The summed E-state index contributed by atoms with van der Waals surface area (Å²) in [5.74, 6) is 0.399. The number of rotatable bonds is 3. The molecule has 2 rings (SSSR count). The van der Waals surface area contributed by atoms with Crippen molar-refractivity contribution in [3.8, 4) is 5.75 Å². The number of nitrogens with zero attached hydrogens (tertiary/aromatic N) is 1. The molecule has 1 aromatic carbocycles. The maximum Gasteiger partial charge on any atom is 0.123 e. The van der Waals surface area contributed by atoms with Gasteiger partial charge in [-0.3, -0.25) is 4.90 Å². The summed E-state index contributed by atoms with van der Waals surface area (Å²) in [4.78, 5) is 2.34. The number of aromatic hydroxyl groups is 1. The zero-order valence-corrected chi connectivity index (χ0v) is 17.3. The normalized spacial score (nSPS) is 17.9. The monoisotopic (exact) mass is 370 g/mol. The standard InChI is InChI=1S/C20H34N2O2.ClH/c1-19(2,3)15-11-14(12-16(18(15)24)20(4,5)6)17(13-23)22-9-7-21-8-10-22;/h11-12,17,21,23-24H,7-10,13H2,1-6H3;1H/t17-;/m1./s1. The Bertz CT molecular complexity index is 535. The van der Waals surface area contributed by atoms with Crippen molar-refractivity contribution in [3.05, 3.63) is 28.8 Å². The third kappa shape index (κ3) is 5.10. The fourth-order valence-corrected chi connectivity index (χ4v) is 3.42. The summed E-state index contributed by atoms with van der Waals surface area (Å²) < 4.78 is 0. The molecule has 5 heteroatoms. The molecule has 0 saturated carbocycles. The van der Waals surface area contributed by atoms with Crippen LogP contribution < -0.4 is 5.32 Å². The highest BCUT2D eigenvalue weighted by atomic mass is 35.5. The van der Waals surface area contributed by atoms with Gasteiger partial charge in [0, 0.05) is 26.2 Å². The molecule has 3 N–H and O–H groups in total. The molecule has 0 aliphatic carbocycles. The molecule has 1 heterocycles. The molecule has 0 amide bonds. The van der Waals surface area contributed by atoms with Gasteiger partial charge in [0.2, 0.25) is 0 Å². The molecule has 1 aromatic rings. The van der Waals surface area contributed by atoms with Gasteiger partial charge >= 0.3 is 0 Å². The summed E-state index contributed by atoms with van der Waals surface area (Å²) in [5, 5.41) is 24.3. The number of benzene rings is 1. The first-order valence-electron chi connectivity index (χ1n) is 8.99. The molecular formula is C20H35ClN2O2. The quantitative estimate of drug-likeness (QED) is 0.763. The number of phenols is 1. The Kier molecular flexibility index (Phi) is 7.34. The van der Waals surface area contributed by atoms with E-state index in [1.807, 2.05) is 0 Å². The molecule has 1 aliphatic heterocycles. The summed E-state index contributed by atoms with van der Waals surface area (Å²) in [5.41, 5.74) is 2.72. The molecule has 1 atom stereocenters. The minimum atomic E-state index is -0.149. The van der Waals surface area contributed by atoms with Gasteiger partial charge in [-0.2, -0.15) is 0 Å². The van der Waals surface area contributed by atoms with E-state index < -0.39 is 0 Å². The van der Waals surface area contributed by atoms with Crippen molar-refractivity contribution in [3.63, 3.8) is 0 Å². The van der Waals surface area contributed by atoms with Gasteiger partial charge in [-0.1, -0.05) is 41.5 Å². The summed E-state index contributed by atoms with van der Waals surface area (Å²) in [7, 11) is 0. The molecule has 0 aromatic heterocycles. The lowest BCUT2D eigenvalue weighted by atomic mass is 9.77. The van der Waals surface area contributed by atoms with Crippen LogP contribution >= 0.6 is 12.4 Å². The van der Waals surface area contributed by atoms with Crippen LogP contribution in [-0.4, -0.2) is 47.9 Å². The van der Waals surface area contributed by atoms with Crippen molar-refractivity contribution in [1.29, 1.82) is 0 Å². The van der Waals surface area contributed by atoms with Crippen molar-refractivity contribution in [2.45, 2.75) is 58.4 Å². The minimum Gasteiger partial charge on any atom is -0.507 e. The van der Waals surface area contributed by atoms with Crippen molar-refractivity contribution >= 4 is 12.4 Å². The van der Waals surface area contributed by atoms with E-state index in [-0.39, 0.29) is 35.9 Å². The third-order valence-electron chi connectivity index (χ3n) is 4.90. The molecule has 0 spiro atoms. The number of nitrogens with one attached hydrogen (secondary N) is 1. The van der Waals surface area contributed by atoms with E-state index in [1.54, 1.807) is 0 Å². The van der Waals surface area contributed by atoms with Crippen LogP contribution in [0.25, 0.3) is 0 Å². The van der Waals surface area contributed by atoms with Gasteiger partial charge in [0.05, 0.1) is 12.6 Å². The van der Waals surface area contributed by atoms with Crippen molar-refractivity contribution < 1.29 is 10.2 Å². The summed E-state index contributed by atoms with van der Waals surface area (Å²) in [6, 6.07) is 4.16. The predicted octanol–water partition coefficient (Wildman–Crippen LogP) is 3.35. The SMILES string of the molecule is CC(C)(C)c1cc([C@@H](CO)N2CCNCC2)cc(C(C)(C)C)c1O.Cl. The van der Waals surface area contributed by atoms with Crippen LogP contribution in [0.1, 0.15) is 64.3 Å². The van der Waals surface area contributed by atoms with E-state index in [9.17, 15) is 10.2 Å². The van der Waals surface area contributed by atoms with Crippen LogP contribution in [0.15, 0.2) is 12.1 Å². The Balaban J connectivity index is 0.00000312. The van der Waals surface area contributed by atoms with Crippen LogP contribution in [0.5, 0.6) is 5.75 Å². The van der Waals surface area contributed by atoms with Crippen LogP contribution in [0.4, 0.5) is 0 Å². The van der Waals surface area contributed by atoms with E-state index in [0.29, 0.717) is 5.75 Å². The Morgan fingerprint density at radius 2 is 1.44 bits per heavy atom. The van der Waals surface area contributed by atoms with Crippen LogP contribution in [0.2, 0.25) is 0 Å². The first-order valence-corrected chi connectivity index (χ1v) is 8.99. The Morgan fingerprint density at radius 3 is 1.80 bits per heavy atom. The van der Waals surface area contributed by atoms with E-state index in [0.717, 1.165) is 42.9 Å². The second-order valence-corrected chi connectivity index (χ2v) is 8.95. The topological polar surface area (TPSA) is 55.7 Å². The van der Waals surface area contributed by atoms with Gasteiger partial charge in [-0.15, -0.1) is 12.4 Å². The smallest absolute Gasteiger partial charge is 0.123 e. The number of aliphatic hydroxyl groups excluding tert-OH is 1. The van der Waals surface area contributed by atoms with Gasteiger partial charge in [0.1, 0.15) is 5.75 Å². The highest BCUT2D eigenvalue weighted by Crippen LogP contribution is 2.41.